The first-order valence-electron chi connectivity index (χ1n) is 8.93. The highest BCUT2D eigenvalue weighted by molar-refractivity contribution is 5.91. The maximum Gasteiger partial charge on any atom is 0.275 e. The van der Waals surface area contributed by atoms with Crippen LogP contribution in [0, 0.1) is 0 Å². The van der Waals surface area contributed by atoms with Gasteiger partial charge in [0.25, 0.3) is 5.91 Å². The van der Waals surface area contributed by atoms with Crippen molar-refractivity contribution < 1.29 is 4.79 Å². The fourth-order valence-corrected chi connectivity index (χ4v) is 3.34. The van der Waals surface area contributed by atoms with Gasteiger partial charge >= 0.3 is 0 Å². The lowest BCUT2D eigenvalue weighted by molar-refractivity contribution is 0.0787. The Hall–Kier alpha value is -2.22. The van der Waals surface area contributed by atoms with Crippen molar-refractivity contribution in [2.24, 2.45) is 12.8 Å². The van der Waals surface area contributed by atoms with Crippen LogP contribution in [0.3, 0.4) is 0 Å². The summed E-state index contributed by atoms with van der Waals surface area (Å²) in [5, 5.41) is 12.4. The van der Waals surface area contributed by atoms with Gasteiger partial charge in [-0.05, 0) is 44.1 Å². The van der Waals surface area contributed by atoms with Crippen LogP contribution in [0.4, 0.5) is 0 Å². The molecule has 1 fully saturated rings. The van der Waals surface area contributed by atoms with Crippen molar-refractivity contribution in [3.63, 3.8) is 0 Å². The highest BCUT2D eigenvalue weighted by Gasteiger charge is 2.23. The van der Waals surface area contributed by atoms with E-state index in [1.165, 1.54) is 5.56 Å². The predicted molar refractivity (Wildman–Crippen MR) is 94.0 cm³/mol. The molecule has 0 radical (unpaired) electrons. The van der Waals surface area contributed by atoms with Crippen molar-refractivity contribution in [1.82, 2.24) is 29.7 Å². The monoisotopic (exact) mass is 345 g/mol. The number of aromatic nitrogens is 5. The molecule has 0 aromatic carbocycles. The van der Waals surface area contributed by atoms with E-state index in [9.17, 15) is 4.79 Å². The minimum Gasteiger partial charge on any atom is -0.340 e. The zero-order valence-corrected chi connectivity index (χ0v) is 15.0. The fraction of sp³-hybridized carbons (Fsp3) is 0.647. The van der Waals surface area contributed by atoms with Crippen LogP contribution >= 0.6 is 0 Å². The summed E-state index contributed by atoms with van der Waals surface area (Å²) in [4.78, 5) is 14.2. The third kappa shape index (κ3) is 4.45. The zero-order chi connectivity index (χ0) is 17.8. The summed E-state index contributed by atoms with van der Waals surface area (Å²) >= 11 is 0. The third-order valence-corrected chi connectivity index (χ3v) is 4.91. The molecule has 8 nitrogen and oxygen atoms in total. The molecule has 0 bridgehead atoms. The smallest absolute Gasteiger partial charge is 0.275 e. The lowest BCUT2D eigenvalue weighted by Gasteiger charge is -2.25. The molecule has 0 spiro atoms. The van der Waals surface area contributed by atoms with Gasteiger partial charge in [-0.25, -0.2) is 4.68 Å². The summed E-state index contributed by atoms with van der Waals surface area (Å²) in [5.74, 6) is -0.0788. The van der Waals surface area contributed by atoms with Gasteiger partial charge in [-0.3, -0.25) is 9.48 Å². The largest absolute Gasteiger partial charge is 0.340 e. The number of amides is 1. The molecule has 8 heteroatoms. The molecule has 1 saturated carbocycles. The molecule has 25 heavy (non-hydrogen) atoms. The SMILES string of the molecule is CN(CCCc1cnn(C)c1)C(=O)c1cn(C2CCC(N)CC2)nn1. The standard InChI is InChI=1S/C17H27N7O/c1-22(9-3-4-13-10-19-23(2)11-13)17(25)16-12-24(21-20-16)15-7-5-14(18)6-8-15/h10-12,14-15H,3-9,18H2,1-2H3. The molecule has 1 amide bonds. The molecule has 3 rings (SSSR count). The summed E-state index contributed by atoms with van der Waals surface area (Å²) in [6, 6.07) is 0.608. The Bertz CT molecular complexity index is 699. The van der Waals surface area contributed by atoms with Gasteiger partial charge in [0.05, 0.1) is 18.4 Å². The summed E-state index contributed by atoms with van der Waals surface area (Å²) in [6.45, 7) is 0.679. The molecule has 1 aliphatic rings. The summed E-state index contributed by atoms with van der Waals surface area (Å²) < 4.78 is 3.63. The Balaban J connectivity index is 1.50. The van der Waals surface area contributed by atoms with E-state index in [0.29, 0.717) is 24.3 Å². The number of nitrogens with two attached hydrogens (primary N) is 1. The molecule has 0 saturated heterocycles. The van der Waals surface area contributed by atoms with E-state index in [1.807, 2.05) is 31.2 Å². The molecular weight excluding hydrogens is 318 g/mol. The average Bonchev–Trinajstić information content (AvgIpc) is 3.24. The van der Waals surface area contributed by atoms with E-state index in [2.05, 4.69) is 15.4 Å². The predicted octanol–water partition coefficient (Wildman–Crippen LogP) is 1.16. The normalized spacial score (nSPS) is 20.6. The van der Waals surface area contributed by atoms with E-state index in [4.69, 9.17) is 5.73 Å². The Kier molecular flexibility index (Phi) is 5.47. The lowest BCUT2D eigenvalue weighted by atomic mass is 9.92. The Morgan fingerprint density at radius 1 is 1.32 bits per heavy atom. The Morgan fingerprint density at radius 3 is 2.76 bits per heavy atom. The van der Waals surface area contributed by atoms with Crippen molar-refractivity contribution in [1.29, 1.82) is 0 Å². The van der Waals surface area contributed by atoms with Gasteiger partial charge in [0.2, 0.25) is 0 Å². The van der Waals surface area contributed by atoms with E-state index >= 15 is 0 Å². The van der Waals surface area contributed by atoms with Gasteiger partial charge in [0.1, 0.15) is 0 Å². The fourth-order valence-electron chi connectivity index (χ4n) is 3.34. The highest BCUT2D eigenvalue weighted by Crippen LogP contribution is 2.26. The molecule has 2 aromatic heterocycles. The van der Waals surface area contributed by atoms with Gasteiger partial charge < -0.3 is 10.6 Å². The van der Waals surface area contributed by atoms with Crippen LogP contribution in [0.2, 0.25) is 0 Å². The molecule has 2 N–H and O–H groups in total. The third-order valence-electron chi connectivity index (χ3n) is 4.91. The molecule has 2 aromatic rings. The Labute approximate surface area is 148 Å². The number of rotatable bonds is 6. The number of carbonyl (C=O) groups excluding carboxylic acids is 1. The number of aryl methyl sites for hydroxylation is 2. The lowest BCUT2D eigenvalue weighted by Crippen LogP contribution is -2.28. The number of hydrogen-bond donors (Lipinski definition) is 1. The second-order valence-corrected chi connectivity index (χ2v) is 7.00. The Morgan fingerprint density at radius 2 is 2.08 bits per heavy atom. The maximum absolute atomic E-state index is 12.5. The van der Waals surface area contributed by atoms with Crippen LogP contribution in [0.25, 0.3) is 0 Å². The summed E-state index contributed by atoms with van der Waals surface area (Å²) in [7, 11) is 3.71. The molecule has 0 unspecified atom stereocenters. The van der Waals surface area contributed by atoms with Gasteiger partial charge in [-0.1, -0.05) is 5.21 Å². The van der Waals surface area contributed by atoms with E-state index < -0.39 is 0 Å². The first-order valence-corrected chi connectivity index (χ1v) is 8.93. The van der Waals surface area contributed by atoms with Crippen LogP contribution in [-0.2, 0) is 13.5 Å². The first kappa shape index (κ1) is 17.6. The van der Waals surface area contributed by atoms with E-state index in [1.54, 1.807) is 15.8 Å². The molecule has 1 aliphatic carbocycles. The van der Waals surface area contributed by atoms with Crippen LogP contribution in [0.5, 0.6) is 0 Å². The van der Waals surface area contributed by atoms with Gasteiger partial charge in [-0.15, -0.1) is 5.10 Å². The van der Waals surface area contributed by atoms with Gasteiger partial charge in [0, 0.05) is 32.9 Å². The average molecular weight is 345 g/mol. The van der Waals surface area contributed by atoms with E-state index in [0.717, 1.165) is 38.5 Å². The van der Waals surface area contributed by atoms with Gasteiger partial charge in [0.15, 0.2) is 5.69 Å². The van der Waals surface area contributed by atoms with Crippen LogP contribution in [0.15, 0.2) is 18.6 Å². The van der Waals surface area contributed by atoms with Crippen molar-refractivity contribution in [2.75, 3.05) is 13.6 Å². The molecule has 2 heterocycles. The van der Waals surface area contributed by atoms with Crippen molar-refractivity contribution in [3.05, 3.63) is 29.8 Å². The van der Waals surface area contributed by atoms with Crippen LogP contribution < -0.4 is 5.73 Å². The number of nitrogens with zero attached hydrogens (tertiary/aromatic N) is 6. The number of hydrogen-bond acceptors (Lipinski definition) is 5. The molecule has 0 atom stereocenters. The van der Waals surface area contributed by atoms with Crippen molar-refractivity contribution >= 4 is 5.91 Å². The van der Waals surface area contributed by atoms with Crippen LogP contribution in [0.1, 0.15) is 54.2 Å². The minimum atomic E-state index is -0.0788. The van der Waals surface area contributed by atoms with E-state index in [-0.39, 0.29) is 5.91 Å². The molecule has 0 aliphatic heterocycles. The summed E-state index contributed by atoms with van der Waals surface area (Å²) in [6.07, 6.45) is 11.4. The quantitative estimate of drug-likeness (QED) is 0.848. The van der Waals surface area contributed by atoms with Crippen LogP contribution in [-0.4, -0.2) is 55.2 Å². The zero-order valence-electron chi connectivity index (χ0n) is 15.0. The second kappa shape index (κ2) is 7.77. The topological polar surface area (TPSA) is 94.9 Å². The van der Waals surface area contributed by atoms with Crippen molar-refractivity contribution in [3.8, 4) is 0 Å². The summed E-state index contributed by atoms with van der Waals surface area (Å²) in [5.41, 5.74) is 7.55. The first-order chi connectivity index (χ1) is 12.0. The second-order valence-electron chi connectivity index (χ2n) is 7.00. The minimum absolute atomic E-state index is 0.0788. The molecular formula is C17H27N7O. The highest BCUT2D eigenvalue weighted by atomic mass is 16.2. The van der Waals surface area contributed by atoms with Gasteiger partial charge in [-0.2, -0.15) is 5.10 Å². The van der Waals surface area contributed by atoms with Crippen molar-refractivity contribution in [2.45, 2.75) is 50.6 Å². The molecule has 136 valence electrons. The number of carbonyl (C=O) groups is 1. The maximum atomic E-state index is 12.5.